The van der Waals surface area contributed by atoms with Crippen molar-refractivity contribution in [1.82, 2.24) is 5.32 Å². The van der Waals surface area contributed by atoms with Crippen LogP contribution in [-0.4, -0.2) is 142 Å². The maximum atomic E-state index is 14.5. The molecule has 4 aromatic carbocycles. The normalized spacial score (nSPS) is 11.9. The van der Waals surface area contributed by atoms with Crippen LogP contribution in [0.5, 0.6) is 23.0 Å². The number of methoxy groups -OCH3 is 4. The van der Waals surface area contributed by atoms with Gasteiger partial charge in [-0.15, -0.1) is 0 Å². The zero-order valence-electron chi connectivity index (χ0n) is 59.9. The fraction of sp³-hybridized carbons (Fsp3) is 0.466. The van der Waals surface area contributed by atoms with Gasteiger partial charge in [-0.05, 0) is 163 Å². The van der Waals surface area contributed by atoms with Crippen LogP contribution in [0.2, 0.25) is 0 Å². The summed E-state index contributed by atoms with van der Waals surface area (Å²) in [5, 5.41) is 37.0. The Morgan fingerprint density at radius 2 is 0.854 bits per heavy atom. The first-order valence-corrected chi connectivity index (χ1v) is 34.3. The second-order valence-electron chi connectivity index (χ2n) is 25.1. The molecule has 4 rings (SSSR count). The summed E-state index contributed by atoms with van der Waals surface area (Å²) in [4.78, 5) is 136. The third-order valence-electron chi connectivity index (χ3n) is 16.9. The number of unbranched alkanes of at least 4 members (excludes halogenated alkanes) is 4. The van der Waals surface area contributed by atoms with Gasteiger partial charge in [-0.2, -0.15) is 0 Å². The number of ether oxygens (including phenoxy) is 4. The van der Waals surface area contributed by atoms with Crippen LogP contribution in [-0.2, 0) is 30.4 Å². The van der Waals surface area contributed by atoms with Crippen LogP contribution in [0.15, 0.2) is 87.8 Å². The van der Waals surface area contributed by atoms with Crippen molar-refractivity contribution in [3.05, 3.63) is 101 Å². The number of hydrogen-bond acceptors (Lipinski definition) is 19. The van der Waals surface area contributed by atoms with Crippen molar-refractivity contribution in [1.29, 1.82) is 16.2 Å². The molecule has 0 heterocycles. The van der Waals surface area contributed by atoms with Gasteiger partial charge < -0.3 is 96.6 Å². The van der Waals surface area contributed by atoms with Gasteiger partial charge in [0.25, 0.3) is 11.8 Å². The van der Waals surface area contributed by atoms with Gasteiger partial charge in [0.15, 0.2) is 23.7 Å². The lowest BCUT2D eigenvalue weighted by atomic mass is 9.91. The molecule has 103 heavy (non-hydrogen) atoms. The van der Waals surface area contributed by atoms with Crippen LogP contribution in [0.4, 0.5) is 17.1 Å². The van der Waals surface area contributed by atoms with E-state index in [-0.39, 0.29) is 156 Å². The fourth-order valence-corrected chi connectivity index (χ4v) is 11.3. The summed E-state index contributed by atoms with van der Waals surface area (Å²) in [6.07, 6.45) is 8.40. The lowest BCUT2D eigenvalue weighted by Crippen LogP contribution is -2.41. The molecule has 0 aliphatic rings. The van der Waals surface area contributed by atoms with E-state index in [0.717, 1.165) is 44.1 Å². The van der Waals surface area contributed by atoms with Crippen molar-refractivity contribution >= 4 is 105 Å². The van der Waals surface area contributed by atoms with E-state index in [1.165, 1.54) is 77.0 Å². The molecule has 4 aromatic rings. The van der Waals surface area contributed by atoms with Gasteiger partial charge in [-0.3, -0.25) is 58.1 Å². The molecular formula is C73H103N17O13. The zero-order chi connectivity index (χ0) is 76.1. The van der Waals surface area contributed by atoms with E-state index >= 15 is 0 Å². The van der Waals surface area contributed by atoms with E-state index in [1.54, 1.807) is 38.1 Å². The molecule has 4 atom stereocenters. The number of hydrogen-bond donors (Lipinski definition) is 14. The summed E-state index contributed by atoms with van der Waals surface area (Å²) in [6, 6.07) is 16.8. The highest BCUT2D eigenvalue weighted by molar-refractivity contribution is 6.46. The molecule has 30 heteroatoms. The van der Waals surface area contributed by atoms with Crippen LogP contribution in [0, 0.1) is 34.0 Å². The number of guanidine groups is 3. The number of carbonyl (C=O) groups excluding carboxylic acids is 9. The summed E-state index contributed by atoms with van der Waals surface area (Å²) >= 11 is 0. The third-order valence-corrected chi connectivity index (χ3v) is 16.9. The summed E-state index contributed by atoms with van der Waals surface area (Å²) < 4.78 is 21.9. The fourth-order valence-electron chi connectivity index (χ4n) is 11.3. The van der Waals surface area contributed by atoms with Crippen molar-refractivity contribution < 1.29 is 62.1 Å². The largest absolute Gasteiger partial charge is 0.496 e. The zero-order valence-corrected chi connectivity index (χ0v) is 59.9. The highest BCUT2D eigenvalue weighted by atomic mass is 16.5. The van der Waals surface area contributed by atoms with Gasteiger partial charge in [0.2, 0.25) is 29.3 Å². The molecule has 0 radical (unpaired) electrons. The van der Waals surface area contributed by atoms with Crippen molar-refractivity contribution in [2.45, 2.75) is 155 Å². The topological polar surface area (TPSA) is 529 Å². The first kappa shape index (κ1) is 84.3. The average Bonchev–Trinajstić information content (AvgIpc) is 0.830. The number of primary amides is 1. The first-order chi connectivity index (χ1) is 49.1. The van der Waals surface area contributed by atoms with Crippen molar-refractivity contribution in [2.75, 3.05) is 64.0 Å². The number of carbonyl (C=O) groups is 9. The smallest absolute Gasteiger partial charge is 0.255 e. The van der Waals surface area contributed by atoms with E-state index in [2.05, 4.69) is 36.2 Å². The number of Topliss-reactive ketones (excluding diaryl/α,β-unsaturated/α-hetero) is 4. The van der Waals surface area contributed by atoms with E-state index in [4.69, 9.17) is 75.3 Å². The second-order valence-corrected chi connectivity index (χ2v) is 25.1. The molecule has 0 spiro atoms. The number of nitrogens with one attached hydrogen (secondary N) is 7. The van der Waals surface area contributed by atoms with Gasteiger partial charge >= 0.3 is 0 Å². The maximum absolute atomic E-state index is 14.5. The molecule has 0 saturated heterocycles. The van der Waals surface area contributed by atoms with Gasteiger partial charge in [-0.25, -0.2) is 0 Å². The number of amides is 5. The Kier molecular flexibility index (Phi) is 36.2. The van der Waals surface area contributed by atoms with Crippen LogP contribution >= 0.6 is 0 Å². The van der Waals surface area contributed by atoms with E-state index in [0.29, 0.717) is 56.4 Å². The number of aliphatic imine (C=N–C) groups is 3. The highest BCUT2D eigenvalue weighted by Gasteiger charge is 2.30. The molecule has 0 fully saturated rings. The number of ketones is 4. The summed E-state index contributed by atoms with van der Waals surface area (Å²) in [5.74, 6) is -7.48. The lowest BCUT2D eigenvalue weighted by Gasteiger charge is -2.20. The molecule has 0 saturated carbocycles. The predicted molar refractivity (Wildman–Crippen MR) is 399 cm³/mol. The molecule has 5 amide bonds. The first-order valence-electron chi connectivity index (χ1n) is 34.3. The maximum Gasteiger partial charge on any atom is 0.255 e. The Bertz CT molecular complexity index is 3750. The average molecular weight is 1430 g/mol. The van der Waals surface area contributed by atoms with Crippen molar-refractivity contribution in [3.8, 4) is 23.0 Å². The number of aryl methyl sites for hydroxylation is 1. The summed E-state index contributed by atoms with van der Waals surface area (Å²) in [5.41, 5.74) is 39.8. The van der Waals surface area contributed by atoms with E-state index in [1.807, 2.05) is 0 Å². The Labute approximate surface area is 601 Å². The van der Waals surface area contributed by atoms with Gasteiger partial charge in [0.1, 0.15) is 28.8 Å². The minimum absolute atomic E-state index is 0.0197. The van der Waals surface area contributed by atoms with Crippen LogP contribution in [0.3, 0.4) is 0 Å². The standard InChI is InChI=1S/C73H103N17O13/c1-43(17-12-23-51(91)22-11-9-7-8-10-18-44(2)74)67(96)87-48-27-31-60(100-3)52(40-48)64(93)56(75)38-46(20-14-34-84-71(78)79)68(97)88-49-28-32-61(101-4)53(41-49)65(94)57(76)39-47(21-15-35-85-72(80)81)69(98)89-50-29-33-63(103-6)55(42-50)70(99)90-58(24-16-36-86-73(82)83)59(92)25-13-19-45-26-30-62(102-5)54(37-45)66(77)95/h26-33,37,40-43,46-47,58,74-76H,7-25,34-36,38-39H2,1-6H3,(H2,77,95)(H,87,96)(H,88,97)(H,89,98)(H,90,99)(H4,78,79,84)(H4,80,81,85)(H4,82,83,86). The Morgan fingerprint density at radius 1 is 0.447 bits per heavy atom. The van der Waals surface area contributed by atoms with E-state index in [9.17, 15) is 43.2 Å². The Balaban J connectivity index is 1.52. The minimum atomic E-state index is -1.09. The van der Waals surface area contributed by atoms with Crippen molar-refractivity contribution in [3.63, 3.8) is 0 Å². The number of rotatable bonds is 50. The van der Waals surface area contributed by atoms with Gasteiger partial charge in [0, 0.05) is 92.3 Å². The Morgan fingerprint density at radius 3 is 1.31 bits per heavy atom. The molecule has 0 aliphatic carbocycles. The summed E-state index contributed by atoms with van der Waals surface area (Å²) in [6.45, 7) is 3.91. The summed E-state index contributed by atoms with van der Waals surface area (Å²) in [7, 11) is 5.40. The number of anilines is 3. The number of nitrogens with zero attached hydrogens (tertiary/aromatic N) is 3. The highest BCUT2D eigenvalue weighted by Crippen LogP contribution is 2.31. The quantitative estimate of drug-likeness (QED) is 0.00883. The monoisotopic (exact) mass is 1430 g/mol. The van der Waals surface area contributed by atoms with E-state index < -0.39 is 76.8 Å². The molecule has 558 valence electrons. The molecule has 4 unspecified atom stereocenters. The number of nitrogens with two attached hydrogens (primary N) is 7. The number of benzene rings is 4. The molecule has 0 aromatic heterocycles. The molecule has 21 N–H and O–H groups in total. The van der Waals surface area contributed by atoms with Crippen molar-refractivity contribution in [2.24, 2.45) is 72.9 Å². The molecule has 0 bridgehead atoms. The lowest BCUT2D eigenvalue weighted by molar-refractivity contribution is -0.121. The third kappa shape index (κ3) is 29.6. The molecular weight excluding hydrogens is 1320 g/mol. The molecule has 0 aliphatic heterocycles. The predicted octanol–water partition coefficient (Wildman–Crippen LogP) is 7.45. The SMILES string of the molecule is COc1ccc(CCCC(=O)C(CCCN=C(N)N)NC(=O)c2cc(NC(=O)C(CCCN=C(N)N)CC(=N)C(=O)c3cc(NC(=O)C(CCCN=C(N)N)CC(=N)C(=O)c4cc(NC(=O)C(C)CCCC(=O)CCCCCCCC(C)=N)ccc4OC)ccc3OC)ccc2OC)cc1C(N)=O. The van der Waals surface area contributed by atoms with Gasteiger partial charge in [-0.1, -0.05) is 32.3 Å². The Hall–Kier alpha value is -11.1. The van der Waals surface area contributed by atoms with Gasteiger partial charge in [0.05, 0.1) is 68.2 Å². The van der Waals surface area contributed by atoms with Crippen LogP contribution in [0.25, 0.3) is 0 Å². The van der Waals surface area contributed by atoms with Crippen LogP contribution < -0.4 is 80.4 Å². The minimum Gasteiger partial charge on any atom is -0.496 e. The second kappa shape index (κ2) is 44.2. The molecule has 30 nitrogen and oxygen atoms in total. The van der Waals surface area contributed by atoms with Crippen LogP contribution in [0.1, 0.15) is 189 Å².